The van der Waals surface area contributed by atoms with E-state index in [0.29, 0.717) is 41.6 Å². The smallest absolute Gasteiger partial charge is 0.289 e. The Hall–Kier alpha value is -4.57. The highest BCUT2D eigenvalue weighted by Crippen LogP contribution is 2.38. The van der Waals surface area contributed by atoms with Crippen LogP contribution < -0.4 is 28.7 Å². The number of hydrogen-bond donors (Lipinski definition) is 1. The van der Waals surface area contributed by atoms with Crippen LogP contribution in [0.5, 0.6) is 23.0 Å². The van der Waals surface area contributed by atoms with E-state index in [2.05, 4.69) is 26.5 Å². The maximum absolute atomic E-state index is 13.9. The highest BCUT2D eigenvalue weighted by Gasteiger charge is 2.34. The Labute approximate surface area is 294 Å². The van der Waals surface area contributed by atoms with E-state index in [-0.39, 0.29) is 18.0 Å². The van der Waals surface area contributed by atoms with Crippen LogP contribution in [0.25, 0.3) is 0 Å². The number of nitrogens with one attached hydrogen (secondary N) is 1. The number of nitro groups is 1. The third kappa shape index (κ3) is 8.47. The molecule has 252 valence electrons. The van der Waals surface area contributed by atoms with Gasteiger partial charge in [0.15, 0.2) is 16.4 Å². The molecule has 1 N–H and O–H groups in total. The fraction of sp³-hybridized carbons (Fsp3) is 0.161. The van der Waals surface area contributed by atoms with Gasteiger partial charge in [0, 0.05) is 12.1 Å². The Bertz CT molecular complexity index is 1980. The predicted octanol–water partition coefficient (Wildman–Crippen LogP) is 6.61. The number of amides is 1. The number of ether oxygens (including phenoxy) is 4. The molecule has 48 heavy (non-hydrogen) atoms. The number of carbonyl (C=O) groups excluding carboxylic acids is 1. The number of nitro benzene ring substituents is 1. The summed E-state index contributed by atoms with van der Waals surface area (Å²) in [5.74, 6) is 0.268. The molecule has 1 amide bonds. The first-order chi connectivity index (χ1) is 22.9. The number of halogens is 3. The van der Waals surface area contributed by atoms with E-state index in [1.807, 2.05) is 0 Å². The van der Waals surface area contributed by atoms with Crippen molar-refractivity contribution in [3.8, 4) is 23.0 Å². The van der Waals surface area contributed by atoms with Crippen molar-refractivity contribution in [3.05, 3.63) is 109 Å². The van der Waals surface area contributed by atoms with Gasteiger partial charge in [-0.3, -0.25) is 19.2 Å². The van der Waals surface area contributed by atoms with Gasteiger partial charge in [-0.25, -0.2) is 13.8 Å². The maximum atomic E-state index is 13.9. The lowest BCUT2D eigenvalue weighted by Crippen LogP contribution is -2.40. The molecule has 0 radical (unpaired) electrons. The summed E-state index contributed by atoms with van der Waals surface area (Å²) in [5, 5.41) is 16.5. The zero-order valence-corrected chi connectivity index (χ0v) is 29.4. The van der Waals surface area contributed by atoms with Crippen LogP contribution in [-0.4, -0.2) is 53.3 Å². The lowest BCUT2D eigenvalue weighted by Gasteiger charge is -2.25. The van der Waals surface area contributed by atoms with Crippen LogP contribution in [0, 0.1) is 10.1 Å². The highest BCUT2D eigenvalue weighted by molar-refractivity contribution is 9.10. The molecular formula is C31H27BrCl2N4O9S. The van der Waals surface area contributed by atoms with E-state index in [1.165, 1.54) is 57.9 Å². The van der Waals surface area contributed by atoms with Crippen molar-refractivity contribution in [2.45, 2.75) is 11.5 Å². The Morgan fingerprint density at radius 2 is 1.71 bits per heavy atom. The highest BCUT2D eigenvalue weighted by atomic mass is 79.9. The number of hydrazone groups is 1. The number of anilines is 1. The molecule has 0 bridgehead atoms. The quantitative estimate of drug-likeness (QED) is 0.0844. The number of para-hydroxylation sites is 1. The number of hydrogen-bond acceptors (Lipinski definition) is 10. The third-order valence-electron chi connectivity index (χ3n) is 6.59. The molecule has 0 spiro atoms. The summed E-state index contributed by atoms with van der Waals surface area (Å²) in [6.07, 6.45) is 1.31. The van der Waals surface area contributed by atoms with Crippen molar-refractivity contribution in [1.82, 2.24) is 5.43 Å². The van der Waals surface area contributed by atoms with Crippen LogP contribution in [0.3, 0.4) is 0 Å². The van der Waals surface area contributed by atoms with Crippen LogP contribution >= 0.6 is 39.1 Å². The van der Waals surface area contributed by atoms with Gasteiger partial charge in [-0.15, -0.1) is 0 Å². The minimum atomic E-state index is -4.70. The molecule has 0 saturated heterocycles. The number of benzene rings is 4. The standard InChI is InChI=1S/C31H27BrCl2N4O9S/c1-44-21-9-11-25(27(15-21)45-2)37(48(42,43)29-7-5-4-6-26(29)38(40)41)17-30(39)36-35-16-20-12-22(32)31(28(14-20)46-3)47-18-19-8-10-23(33)24(34)13-19/h4-16H,17-18H2,1-3H3,(H,36,39)/b35-16-. The molecule has 0 aliphatic heterocycles. The van der Waals surface area contributed by atoms with Gasteiger partial charge in [0.05, 0.1) is 52.7 Å². The number of carbonyl (C=O) groups is 1. The van der Waals surface area contributed by atoms with Crippen molar-refractivity contribution in [1.29, 1.82) is 0 Å². The Morgan fingerprint density at radius 3 is 2.38 bits per heavy atom. The number of rotatable bonds is 14. The average Bonchev–Trinajstić information content (AvgIpc) is 3.07. The lowest BCUT2D eigenvalue weighted by atomic mass is 10.2. The molecule has 4 aromatic carbocycles. The molecule has 0 aliphatic rings. The molecule has 0 fully saturated rings. The van der Waals surface area contributed by atoms with Gasteiger partial charge in [-0.2, -0.15) is 5.10 Å². The third-order valence-corrected chi connectivity index (χ3v) is 9.73. The van der Waals surface area contributed by atoms with Crippen molar-refractivity contribution in [2.75, 3.05) is 32.2 Å². The summed E-state index contributed by atoms with van der Waals surface area (Å²) >= 11 is 15.5. The van der Waals surface area contributed by atoms with Gasteiger partial charge < -0.3 is 18.9 Å². The first kappa shape index (κ1) is 36.3. The first-order valence-electron chi connectivity index (χ1n) is 13.6. The van der Waals surface area contributed by atoms with E-state index in [0.717, 1.165) is 17.7 Å². The fourth-order valence-corrected chi connectivity index (χ4v) is 6.81. The second kappa shape index (κ2) is 16.0. The molecule has 13 nitrogen and oxygen atoms in total. The van der Waals surface area contributed by atoms with E-state index in [4.69, 9.17) is 42.1 Å². The van der Waals surface area contributed by atoms with E-state index < -0.39 is 38.0 Å². The van der Waals surface area contributed by atoms with Crippen molar-refractivity contribution < 1.29 is 37.1 Å². The zero-order chi connectivity index (χ0) is 35.0. The van der Waals surface area contributed by atoms with E-state index in [1.54, 1.807) is 30.3 Å². The average molecular weight is 782 g/mol. The number of sulfonamides is 1. The van der Waals surface area contributed by atoms with E-state index in [9.17, 15) is 23.3 Å². The second-order valence-corrected chi connectivity index (χ2v) is 13.1. The van der Waals surface area contributed by atoms with Crippen molar-refractivity contribution in [2.24, 2.45) is 5.10 Å². The van der Waals surface area contributed by atoms with Crippen molar-refractivity contribution >= 4 is 72.7 Å². The van der Waals surface area contributed by atoms with Crippen LogP contribution in [-0.2, 0) is 21.4 Å². The number of nitrogens with zero attached hydrogens (tertiary/aromatic N) is 3. The van der Waals surface area contributed by atoms with Gasteiger partial charge in [0.1, 0.15) is 24.7 Å². The summed E-state index contributed by atoms with van der Waals surface area (Å²) in [6, 6.07) is 17.4. The Morgan fingerprint density at radius 1 is 0.979 bits per heavy atom. The molecule has 4 rings (SSSR count). The van der Waals surface area contributed by atoms with Gasteiger partial charge in [-0.05, 0) is 69.5 Å². The largest absolute Gasteiger partial charge is 0.497 e. The summed E-state index contributed by atoms with van der Waals surface area (Å²) in [4.78, 5) is 23.4. The first-order valence-corrected chi connectivity index (χ1v) is 16.6. The molecule has 17 heteroatoms. The Balaban J connectivity index is 1.58. The summed E-state index contributed by atoms with van der Waals surface area (Å²) in [5.41, 5.74) is 2.82. The normalized spacial score (nSPS) is 11.2. The number of methoxy groups -OCH3 is 3. The maximum Gasteiger partial charge on any atom is 0.289 e. The molecule has 0 heterocycles. The molecule has 0 saturated carbocycles. The molecule has 4 aromatic rings. The molecule has 0 aliphatic carbocycles. The molecule has 0 aromatic heterocycles. The van der Waals surface area contributed by atoms with Gasteiger partial charge in [0.2, 0.25) is 0 Å². The van der Waals surface area contributed by atoms with Crippen molar-refractivity contribution in [3.63, 3.8) is 0 Å². The van der Waals surface area contributed by atoms with Crippen LogP contribution in [0.1, 0.15) is 11.1 Å². The lowest BCUT2D eigenvalue weighted by molar-refractivity contribution is -0.387. The van der Waals surface area contributed by atoms with Gasteiger partial charge in [0.25, 0.3) is 21.6 Å². The predicted molar refractivity (Wildman–Crippen MR) is 184 cm³/mol. The second-order valence-electron chi connectivity index (χ2n) is 9.64. The molecular weight excluding hydrogens is 755 g/mol. The van der Waals surface area contributed by atoms with Crippen LogP contribution in [0.15, 0.2) is 87.3 Å². The van der Waals surface area contributed by atoms with Crippen LogP contribution in [0.4, 0.5) is 11.4 Å². The van der Waals surface area contributed by atoms with Crippen LogP contribution in [0.2, 0.25) is 10.0 Å². The fourth-order valence-electron chi connectivity index (χ4n) is 4.32. The minimum absolute atomic E-state index is 0.0335. The van der Waals surface area contributed by atoms with Gasteiger partial charge >= 0.3 is 0 Å². The van der Waals surface area contributed by atoms with Gasteiger partial charge in [-0.1, -0.05) is 41.4 Å². The zero-order valence-electron chi connectivity index (χ0n) is 25.5. The SMILES string of the molecule is COc1ccc(N(CC(=O)N/N=C\c2cc(Br)c(OCc3ccc(Cl)c(Cl)c3)c(OC)c2)S(=O)(=O)c2ccccc2[N+](=O)[O-])c(OC)c1. The summed E-state index contributed by atoms with van der Waals surface area (Å²) < 4.78 is 51.0. The topological polar surface area (TPSA) is 159 Å². The summed E-state index contributed by atoms with van der Waals surface area (Å²) in [7, 11) is -0.531. The molecule has 0 unspecified atom stereocenters. The molecule has 0 atom stereocenters. The summed E-state index contributed by atoms with van der Waals surface area (Å²) in [6.45, 7) is -0.650. The monoisotopic (exact) mass is 780 g/mol. The Kier molecular flexibility index (Phi) is 12.1. The minimum Gasteiger partial charge on any atom is -0.497 e. The van der Waals surface area contributed by atoms with E-state index >= 15 is 0 Å².